The third-order valence-electron chi connectivity index (χ3n) is 5.23. The molecule has 0 bridgehead atoms. The van der Waals surface area contributed by atoms with Crippen LogP contribution in [0.4, 0.5) is 14.9 Å². The molecule has 2 N–H and O–H groups in total. The molecule has 0 radical (unpaired) electrons. The molecule has 0 saturated carbocycles. The van der Waals surface area contributed by atoms with Crippen molar-refractivity contribution in [3.05, 3.63) is 95.4 Å². The molecular formula is C27H24FN3O5. The fourth-order valence-corrected chi connectivity index (χ4v) is 3.52. The van der Waals surface area contributed by atoms with Crippen molar-refractivity contribution in [3.63, 3.8) is 0 Å². The van der Waals surface area contributed by atoms with Gasteiger partial charge in [0.1, 0.15) is 24.7 Å². The third kappa shape index (κ3) is 5.87. The molecule has 0 unspecified atom stereocenters. The molecule has 3 aromatic rings. The Kier molecular flexibility index (Phi) is 7.60. The van der Waals surface area contributed by atoms with Crippen molar-refractivity contribution in [1.29, 1.82) is 0 Å². The lowest BCUT2D eigenvalue weighted by Crippen LogP contribution is -2.38. The average molecular weight is 490 g/mol. The highest BCUT2D eigenvalue weighted by atomic mass is 19.1. The molecule has 1 heterocycles. The van der Waals surface area contributed by atoms with Crippen LogP contribution in [0.5, 0.6) is 11.5 Å². The van der Waals surface area contributed by atoms with Gasteiger partial charge < -0.3 is 20.1 Å². The van der Waals surface area contributed by atoms with Gasteiger partial charge in [0.2, 0.25) is 5.91 Å². The number of para-hydroxylation sites is 1. The first-order chi connectivity index (χ1) is 17.4. The van der Waals surface area contributed by atoms with Crippen LogP contribution in [-0.2, 0) is 16.2 Å². The molecule has 36 heavy (non-hydrogen) atoms. The quantitative estimate of drug-likeness (QED) is 0.344. The molecule has 184 valence electrons. The van der Waals surface area contributed by atoms with Crippen LogP contribution in [0.15, 0.2) is 78.5 Å². The molecule has 8 nitrogen and oxygen atoms in total. The van der Waals surface area contributed by atoms with Gasteiger partial charge >= 0.3 is 6.03 Å². The average Bonchev–Trinajstić information content (AvgIpc) is 3.13. The largest absolute Gasteiger partial charge is 0.490 e. The number of ether oxygens (including phenoxy) is 2. The number of rotatable bonds is 9. The summed E-state index contributed by atoms with van der Waals surface area (Å²) in [6, 6.07) is 19.7. The second-order valence-electron chi connectivity index (χ2n) is 7.82. The predicted molar refractivity (Wildman–Crippen MR) is 132 cm³/mol. The van der Waals surface area contributed by atoms with E-state index in [0.29, 0.717) is 30.3 Å². The molecule has 1 aliphatic heterocycles. The van der Waals surface area contributed by atoms with Crippen molar-refractivity contribution in [2.45, 2.75) is 13.5 Å². The van der Waals surface area contributed by atoms with Gasteiger partial charge in [0.15, 0.2) is 11.5 Å². The van der Waals surface area contributed by atoms with E-state index in [0.717, 1.165) is 10.5 Å². The van der Waals surface area contributed by atoms with Crippen LogP contribution in [0.3, 0.4) is 0 Å². The summed E-state index contributed by atoms with van der Waals surface area (Å²) >= 11 is 0. The van der Waals surface area contributed by atoms with E-state index in [-0.39, 0.29) is 11.4 Å². The molecule has 1 saturated heterocycles. The molecular weight excluding hydrogens is 465 g/mol. The number of carbonyl (C=O) groups is 3. The van der Waals surface area contributed by atoms with Crippen molar-refractivity contribution in [1.82, 2.24) is 10.2 Å². The topological polar surface area (TPSA) is 97.0 Å². The number of benzene rings is 3. The molecule has 0 atom stereocenters. The van der Waals surface area contributed by atoms with Gasteiger partial charge in [-0.05, 0) is 48.4 Å². The van der Waals surface area contributed by atoms with Gasteiger partial charge in [-0.2, -0.15) is 0 Å². The lowest BCUT2D eigenvalue weighted by Gasteiger charge is -2.13. The molecule has 0 aromatic heterocycles. The summed E-state index contributed by atoms with van der Waals surface area (Å²) in [7, 11) is 0. The molecule has 0 aliphatic carbocycles. The van der Waals surface area contributed by atoms with Gasteiger partial charge in [-0.3, -0.25) is 9.59 Å². The number of carbonyl (C=O) groups excluding carboxylic acids is 3. The zero-order valence-corrected chi connectivity index (χ0v) is 19.5. The van der Waals surface area contributed by atoms with Gasteiger partial charge in [-0.1, -0.05) is 48.5 Å². The Morgan fingerprint density at radius 3 is 2.50 bits per heavy atom. The Bertz CT molecular complexity index is 1310. The summed E-state index contributed by atoms with van der Waals surface area (Å²) in [6.45, 7) is 2.05. The summed E-state index contributed by atoms with van der Waals surface area (Å²) in [4.78, 5) is 38.2. The fraction of sp³-hybridized carbons (Fsp3) is 0.148. The van der Waals surface area contributed by atoms with Gasteiger partial charge in [0, 0.05) is 0 Å². The van der Waals surface area contributed by atoms with Crippen molar-refractivity contribution in [2.24, 2.45) is 0 Å². The number of urea groups is 1. The maximum absolute atomic E-state index is 13.8. The van der Waals surface area contributed by atoms with E-state index in [1.807, 2.05) is 37.3 Å². The zero-order valence-electron chi connectivity index (χ0n) is 19.5. The number of hydrogen-bond acceptors (Lipinski definition) is 5. The van der Waals surface area contributed by atoms with Crippen molar-refractivity contribution in [3.8, 4) is 11.5 Å². The standard InChI is InChI=1S/C27H24FN3O5/c1-2-35-24-15-19(12-13-23(24)36-17-18-8-4-3-5-9-18)14-22-26(33)31(27(34)30-22)16-25(32)29-21-11-7-6-10-20(21)28/h3-15H,2,16-17H2,1H3,(H,29,32)(H,30,34)/b22-14+. The summed E-state index contributed by atoms with van der Waals surface area (Å²) in [5, 5.41) is 4.82. The van der Waals surface area contributed by atoms with Crippen LogP contribution in [-0.4, -0.2) is 35.9 Å². The first-order valence-electron chi connectivity index (χ1n) is 11.3. The molecule has 9 heteroatoms. The van der Waals surface area contributed by atoms with Crippen molar-refractivity contribution in [2.75, 3.05) is 18.5 Å². The van der Waals surface area contributed by atoms with E-state index < -0.39 is 30.2 Å². The number of anilines is 1. The Labute approximate surface area is 207 Å². The maximum Gasteiger partial charge on any atom is 0.329 e. The summed E-state index contributed by atoms with van der Waals surface area (Å²) in [6.07, 6.45) is 1.48. The summed E-state index contributed by atoms with van der Waals surface area (Å²) in [5.74, 6) is -0.976. The second kappa shape index (κ2) is 11.2. The first-order valence-corrected chi connectivity index (χ1v) is 11.3. The van der Waals surface area contributed by atoms with Gasteiger partial charge in [0.25, 0.3) is 5.91 Å². The third-order valence-corrected chi connectivity index (χ3v) is 5.23. The Balaban J connectivity index is 1.45. The minimum atomic E-state index is -0.747. The Hall–Kier alpha value is -4.66. The van der Waals surface area contributed by atoms with Gasteiger partial charge in [0.05, 0.1) is 12.3 Å². The van der Waals surface area contributed by atoms with Crippen LogP contribution in [0.25, 0.3) is 6.08 Å². The van der Waals surface area contributed by atoms with Crippen LogP contribution in [0.2, 0.25) is 0 Å². The molecule has 4 amide bonds. The Morgan fingerprint density at radius 2 is 1.75 bits per heavy atom. The van der Waals surface area contributed by atoms with Gasteiger partial charge in [-0.15, -0.1) is 0 Å². The lowest BCUT2D eigenvalue weighted by atomic mass is 10.1. The zero-order chi connectivity index (χ0) is 25.5. The summed E-state index contributed by atoms with van der Waals surface area (Å²) < 4.78 is 25.4. The van der Waals surface area contributed by atoms with E-state index in [1.165, 1.54) is 24.3 Å². The van der Waals surface area contributed by atoms with Crippen molar-refractivity contribution >= 4 is 29.6 Å². The Morgan fingerprint density at radius 1 is 1.00 bits per heavy atom. The van der Waals surface area contributed by atoms with Gasteiger partial charge in [-0.25, -0.2) is 14.1 Å². The fourth-order valence-electron chi connectivity index (χ4n) is 3.52. The molecule has 0 spiro atoms. The minimum Gasteiger partial charge on any atom is -0.490 e. The summed E-state index contributed by atoms with van der Waals surface area (Å²) in [5.41, 5.74) is 1.55. The van der Waals surface area contributed by atoms with Crippen LogP contribution < -0.4 is 20.1 Å². The number of nitrogens with zero attached hydrogens (tertiary/aromatic N) is 1. The van der Waals surface area contributed by atoms with Crippen molar-refractivity contribution < 1.29 is 28.2 Å². The van der Waals surface area contributed by atoms with E-state index in [2.05, 4.69) is 10.6 Å². The number of amides is 4. The first kappa shape index (κ1) is 24.5. The van der Waals surface area contributed by atoms with Crippen LogP contribution in [0, 0.1) is 5.82 Å². The molecule has 1 aliphatic rings. The van der Waals surface area contributed by atoms with E-state index in [1.54, 1.807) is 24.3 Å². The lowest BCUT2D eigenvalue weighted by molar-refractivity contribution is -0.127. The normalized spacial score (nSPS) is 14.1. The van der Waals surface area contributed by atoms with Crippen LogP contribution >= 0.6 is 0 Å². The SMILES string of the molecule is CCOc1cc(/C=C2/NC(=O)N(CC(=O)Nc3ccccc3F)C2=O)ccc1OCc1ccccc1. The number of hydrogen-bond donors (Lipinski definition) is 2. The highest BCUT2D eigenvalue weighted by molar-refractivity contribution is 6.16. The number of imide groups is 1. The number of halogens is 1. The van der Waals surface area contributed by atoms with E-state index >= 15 is 0 Å². The highest BCUT2D eigenvalue weighted by Crippen LogP contribution is 2.30. The van der Waals surface area contributed by atoms with E-state index in [4.69, 9.17) is 9.47 Å². The molecule has 3 aromatic carbocycles. The van der Waals surface area contributed by atoms with Crippen LogP contribution in [0.1, 0.15) is 18.1 Å². The highest BCUT2D eigenvalue weighted by Gasteiger charge is 2.35. The smallest absolute Gasteiger partial charge is 0.329 e. The molecule has 4 rings (SSSR count). The molecule has 1 fully saturated rings. The minimum absolute atomic E-state index is 0.000839. The van der Waals surface area contributed by atoms with E-state index in [9.17, 15) is 18.8 Å². The maximum atomic E-state index is 13.8. The predicted octanol–water partition coefficient (Wildman–Crippen LogP) is 4.33. The number of nitrogens with one attached hydrogen (secondary N) is 2. The second-order valence-corrected chi connectivity index (χ2v) is 7.82. The monoisotopic (exact) mass is 489 g/mol.